The molecule has 0 nitrogen and oxygen atoms in total. The highest BCUT2D eigenvalue weighted by atomic mass is 19.1. The van der Waals surface area contributed by atoms with Gasteiger partial charge in [0.25, 0.3) is 0 Å². The van der Waals surface area contributed by atoms with Crippen LogP contribution in [0, 0.1) is 5.82 Å². The molecule has 1 atom stereocenters. The van der Waals surface area contributed by atoms with Crippen molar-refractivity contribution in [1.29, 1.82) is 0 Å². The third-order valence-electron chi connectivity index (χ3n) is 4.98. The van der Waals surface area contributed by atoms with Gasteiger partial charge in [0.15, 0.2) is 0 Å². The van der Waals surface area contributed by atoms with Crippen LogP contribution in [0.2, 0.25) is 0 Å². The molecule has 22 heavy (non-hydrogen) atoms. The fourth-order valence-corrected chi connectivity index (χ4v) is 3.58. The molecule has 0 aliphatic carbocycles. The Morgan fingerprint density at radius 2 is 1.45 bits per heavy atom. The van der Waals surface area contributed by atoms with Gasteiger partial charge in [0.1, 0.15) is 5.82 Å². The van der Waals surface area contributed by atoms with Crippen molar-refractivity contribution < 1.29 is 4.39 Å². The smallest absolute Gasteiger partial charge is 0.126 e. The normalized spacial score (nSPS) is 12.8. The summed E-state index contributed by atoms with van der Waals surface area (Å²) in [6.07, 6.45) is 10.8. The molecule has 0 aliphatic rings. The summed E-state index contributed by atoms with van der Waals surface area (Å²) in [6, 6.07) is 5.76. The molecule has 0 N–H and O–H groups in total. The van der Waals surface area contributed by atoms with Gasteiger partial charge in [0, 0.05) is 0 Å². The predicted molar refractivity (Wildman–Crippen MR) is 96.1 cm³/mol. The van der Waals surface area contributed by atoms with Gasteiger partial charge in [-0.2, -0.15) is 0 Å². The first kappa shape index (κ1) is 19.2. The van der Waals surface area contributed by atoms with Gasteiger partial charge >= 0.3 is 0 Å². The summed E-state index contributed by atoms with van der Waals surface area (Å²) in [5.74, 6) is 0.924. The van der Waals surface area contributed by atoms with Gasteiger partial charge in [0.2, 0.25) is 0 Å². The van der Waals surface area contributed by atoms with Crippen molar-refractivity contribution in [3.8, 4) is 0 Å². The lowest BCUT2D eigenvalue weighted by Crippen LogP contribution is -2.09. The van der Waals surface area contributed by atoms with Crippen LogP contribution in [0.3, 0.4) is 0 Å². The third kappa shape index (κ3) is 5.41. The Balaban J connectivity index is 3.07. The lowest BCUT2D eigenvalue weighted by Gasteiger charge is -2.25. The second kappa shape index (κ2) is 10.8. The van der Waals surface area contributed by atoms with E-state index in [4.69, 9.17) is 0 Å². The molecule has 0 fully saturated rings. The van der Waals surface area contributed by atoms with Crippen molar-refractivity contribution in [3.05, 3.63) is 35.1 Å². The van der Waals surface area contributed by atoms with Crippen molar-refractivity contribution in [3.63, 3.8) is 0 Å². The molecule has 0 bridgehead atoms. The van der Waals surface area contributed by atoms with Crippen LogP contribution in [0.1, 0.15) is 108 Å². The molecule has 0 radical (unpaired) electrons. The molecule has 0 amide bonds. The van der Waals surface area contributed by atoms with Crippen LogP contribution in [0.25, 0.3) is 0 Å². The lowest BCUT2D eigenvalue weighted by molar-refractivity contribution is 0.492. The molecule has 0 spiro atoms. The first-order valence-electron chi connectivity index (χ1n) is 9.47. The number of halogens is 1. The molecule has 0 aliphatic heterocycles. The molecular formula is C21H35F. The van der Waals surface area contributed by atoms with E-state index < -0.39 is 0 Å². The Morgan fingerprint density at radius 3 is 2.05 bits per heavy atom. The summed E-state index contributed by atoms with van der Waals surface area (Å²) in [5.41, 5.74) is 2.32. The average Bonchev–Trinajstić information content (AvgIpc) is 2.53. The van der Waals surface area contributed by atoms with E-state index in [2.05, 4.69) is 33.8 Å². The summed E-state index contributed by atoms with van der Waals surface area (Å²) in [6.45, 7) is 8.86. The largest absolute Gasteiger partial charge is 0.207 e. The third-order valence-corrected chi connectivity index (χ3v) is 4.98. The highest BCUT2D eigenvalue weighted by Gasteiger charge is 2.21. The quantitative estimate of drug-likeness (QED) is 0.369. The number of rotatable bonds is 11. The van der Waals surface area contributed by atoms with E-state index in [9.17, 15) is 4.39 Å². The Labute approximate surface area is 137 Å². The minimum atomic E-state index is 0.0168. The fraction of sp³-hybridized carbons (Fsp3) is 0.714. The molecule has 1 aromatic rings. The zero-order valence-electron chi connectivity index (χ0n) is 15.1. The summed E-state index contributed by atoms with van der Waals surface area (Å²) < 4.78 is 14.5. The van der Waals surface area contributed by atoms with Crippen LogP contribution in [0.5, 0.6) is 0 Å². The van der Waals surface area contributed by atoms with Crippen LogP contribution < -0.4 is 0 Å². The van der Waals surface area contributed by atoms with Gasteiger partial charge in [-0.3, -0.25) is 0 Å². The zero-order chi connectivity index (χ0) is 16.4. The number of hydrogen-bond acceptors (Lipinski definition) is 0. The molecule has 1 heteroatoms. The van der Waals surface area contributed by atoms with Gasteiger partial charge < -0.3 is 0 Å². The maximum absolute atomic E-state index is 14.5. The Kier molecular flexibility index (Phi) is 9.43. The minimum Gasteiger partial charge on any atom is -0.207 e. The fourth-order valence-electron chi connectivity index (χ4n) is 3.58. The highest BCUT2D eigenvalue weighted by Crippen LogP contribution is 2.37. The second-order valence-electron chi connectivity index (χ2n) is 6.59. The van der Waals surface area contributed by atoms with E-state index in [1.807, 2.05) is 6.07 Å². The van der Waals surface area contributed by atoms with Gasteiger partial charge in [-0.25, -0.2) is 4.39 Å². The van der Waals surface area contributed by atoms with Crippen LogP contribution in [-0.4, -0.2) is 0 Å². The van der Waals surface area contributed by atoms with E-state index in [0.717, 1.165) is 18.4 Å². The maximum Gasteiger partial charge on any atom is 0.126 e. The second-order valence-corrected chi connectivity index (χ2v) is 6.59. The first-order valence-corrected chi connectivity index (χ1v) is 9.47. The molecule has 0 heterocycles. The van der Waals surface area contributed by atoms with Crippen molar-refractivity contribution in [2.24, 2.45) is 0 Å². The Hall–Kier alpha value is -0.850. The van der Waals surface area contributed by atoms with E-state index in [1.165, 1.54) is 50.5 Å². The predicted octanol–water partition coefficient (Wildman–Crippen LogP) is 7.58. The first-order chi connectivity index (χ1) is 10.7. The van der Waals surface area contributed by atoms with Crippen LogP contribution >= 0.6 is 0 Å². The average molecular weight is 307 g/mol. The van der Waals surface area contributed by atoms with Crippen molar-refractivity contribution >= 4 is 0 Å². The minimum absolute atomic E-state index is 0.0168. The van der Waals surface area contributed by atoms with E-state index in [0.29, 0.717) is 11.8 Å². The summed E-state index contributed by atoms with van der Waals surface area (Å²) in [7, 11) is 0. The number of hydrogen-bond donors (Lipinski definition) is 0. The van der Waals surface area contributed by atoms with Gasteiger partial charge in [-0.15, -0.1) is 0 Å². The van der Waals surface area contributed by atoms with Crippen LogP contribution in [-0.2, 0) is 0 Å². The number of benzene rings is 1. The van der Waals surface area contributed by atoms with Crippen LogP contribution in [0.15, 0.2) is 18.2 Å². The molecule has 0 aromatic heterocycles. The SMILES string of the molecule is CCCCCC(CCCC)c1cccc(F)c1C(CC)CC. The molecule has 1 unspecified atom stereocenters. The Bertz CT molecular complexity index is 406. The summed E-state index contributed by atoms with van der Waals surface area (Å²) in [5, 5.41) is 0. The number of unbranched alkanes of at least 4 members (excludes halogenated alkanes) is 3. The van der Waals surface area contributed by atoms with E-state index >= 15 is 0 Å². The summed E-state index contributed by atoms with van der Waals surface area (Å²) in [4.78, 5) is 0. The molecule has 1 rings (SSSR count). The topological polar surface area (TPSA) is 0 Å². The molecular weight excluding hydrogens is 271 g/mol. The summed E-state index contributed by atoms with van der Waals surface area (Å²) >= 11 is 0. The molecule has 0 saturated heterocycles. The zero-order valence-corrected chi connectivity index (χ0v) is 15.1. The van der Waals surface area contributed by atoms with E-state index in [1.54, 1.807) is 6.07 Å². The van der Waals surface area contributed by atoms with Crippen molar-refractivity contribution in [2.75, 3.05) is 0 Å². The van der Waals surface area contributed by atoms with Gasteiger partial charge in [-0.1, -0.05) is 71.9 Å². The highest BCUT2D eigenvalue weighted by molar-refractivity contribution is 5.35. The van der Waals surface area contributed by atoms with Crippen molar-refractivity contribution in [2.45, 2.75) is 97.3 Å². The monoisotopic (exact) mass is 306 g/mol. The molecule has 126 valence electrons. The Morgan fingerprint density at radius 1 is 0.818 bits per heavy atom. The van der Waals surface area contributed by atoms with Crippen molar-refractivity contribution in [1.82, 2.24) is 0 Å². The maximum atomic E-state index is 14.5. The lowest BCUT2D eigenvalue weighted by atomic mass is 9.80. The molecule has 0 saturated carbocycles. The standard InChI is InChI=1S/C21H35F/c1-5-9-11-14-18(13-10-6-2)19-15-12-16-20(22)21(19)17(7-3)8-4/h12,15-18H,5-11,13-14H2,1-4H3. The van der Waals surface area contributed by atoms with Gasteiger partial charge in [0.05, 0.1) is 0 Å². The molecule has 1 aromatic carbocycles. The van der Waals surface area contributed by atoms with E-state index in [-0.39, 0.29) is 5.82 Å². The van der Waals surface area contributed by atoms with Crippen LogP contribution in [0.4, 0.5) is 4.39 Å². The van der Waals surface area contributed by atoms with Gasteiger partial charge in [-0.05, 0) is 54.7 Å².